The summed E-state index contributed by atoms with van der Waals surface area (Å²) in [5.41, 5.74) is 0. The zero-order valence-electron chi connectivity index (χ0n) is 8.12. The van der Waals surface area contributed by atoms with Crippen molar-refractivity contribution in [2.45, 2.75) is 31.7 Å². The minimum absolute atomic E-state index is 0.0143. The van der Waals surface area contributed by atoms with Crippen LogP contribution in [0.5, 0.6) is 0 Å². The van der Waals surface area contributed by atoms with Crippen molar-refractivity contribution in [3.63, 3.8) is 0 Å². The number of carbonyl (C=O) groups is 1. The molecule has 4 nitrogen and oxygen atoms in total. The van der Waals surface area contributed by atoms with Crippen molar-refractivity contribution in [2.24, 2.45) is 0 Å². The second-order valence-electron chi connectivity index (χ2n) is 3.41. The van der Waals surface area contributed by atoms with Crippen LogP contribution in [0.4, 0.5) is 4.79 Å². The van der Waals surface area contributed by atoms with Gasteiger partial charge in [-0.05, 0) is 25.7 Å². The van der Waals surface area contributed by atoms with Gasteiger partial charge in [0.1, 0.15) is 0 Å². The molecule has 2 N–H and O–H groups in total. The van der Waals surface area contributed by atoms with Gasteiger partial charge in [-0.15, -0.1) is 0 Å². The minimum atomic E-state index is 0.0143. The zero-order chi connectivity index (χ0) is 9.68. The van der Waals surface area contributed by atoms with Crippen LogP contribution in [-0.4, -0.2) is 42.3 Å². The summed E-state index contributed by atoms with van der Waals surface area (Å²) in [6.45, 7) is 1.08. The first-order valence-corrected chi connectivity index (χ1v) is 4.88. The van der Waals surface area contributed by atoms with Crippen LogP contribution >= 0.6 is 0 Å². The molecular weight excluding hydrogens is 168 g/mol. The van der Waals surface area contributed by atoms with Gasteiger partial charge in [-0.3, -0.25) is 0 Å². The summed E-state index contributed by atoms with van der Waals surface area (Å²) in [7, 11) is 1.66. The highest BCUT2D eigenvalue weighted by Crippen LogP contribution is 2.20. The molecule has 1 fully saturated rings. The predicted molar refractivity (Wildman–Crippen MR) is 50.5 cm³/mol. The Morgan fingerprint density at radius 3 is 3.08 bits per heavy atom. The van der Waals surface area contributed by atoms with Crippen molar-refractivity contribution in [1.82, 2.24) is 10.2 Å². The van der Waals surface area contributed by atoms with Gasteiger partial charge < -0.3 is 15.3 Å². The van der Waals surface area contributed by atoms with E-state index in [-0.39, 0.29) is 12.6 Å². The van der Waals surface area contributed by atoms with Crippen molar-refractivity contribution < 1.29 is 9.90 Å². The van der Waals surface area contributed by atoms with E-state index in [1.165, 1.54) is 0 Å². The summed E-state index contributed by atoms with van der Waals surface area (Å²) in [6, 6.07) is 0.354. The van der Waals surface area contributed by atoms with Gasteiger partial charge in [-0.25, -0.2) is 4.79 Å². The molecule has 0 aromatic carbocycles. The first-order valence-electron chi connectivity index (χ1n) is 4.88. The third-order valence-corrected chi connectivity index (χ3v) is 2.55. The Kier molecular flexibility index (Phi) is 4.02. The second kappa shape index (κ2) is 5.07. The maximum absolute atomic E-state index is 11.3. The Labute approximate surface area is 78.9 Å². The molecule has 1 aliphatic rings. The number of nitrogens with zero attached hydrogens (tertiary/aromatic N) is 1. The molecule has 1 aliphatic heterocycles. The second-order valence-corrected chi connectivity index (χ2v) is 3.41. The van der Waals surface area contributed by atoms with Crippen molar-refractivity contribution in [3.8, 4) is 0 Å². The summed E-state index contributed by atoms with van der Waals surface area (Å²) in [6.07, 6.45) is 3.87. The lowest BCUT2D eigenvalue weighted by Gasteiger charge is -2.23. The Morgan fingerprint density at radius 2 is 2.46 bits per heavy atom. The van der Waals surface area contributed by atoms with E-state index >= 15 is 0 Å². The molecule has 1 saturated heterocycles. The van der Waals surface area contributed by atoms with E-state index in [2.05, 4.69) is 5.32 Å². The van der Waals surface area contributed by atoms with Gasteiger partial charge in [-0.1, -0.05) is 0 Å². The van der Waals surface area contributed by atoms with Crippen molar-refractivity contribution in [2.75, 3.05) is 20.2 Å². The summed E-state index contributed by atoms with van der Waals surface area (Å²) < 4.78 is 0. The van der Waals surface area contributed by atoms with Gasteiger partial charge in [0, 0.05) is 26.2 Å². The summed E-state index contributed by atoms with van der Waals surface area (Å²) in [5.74, 6) is 0. The molecule has 0 aromatic rings. The number of urea groups is 1. The number of aliphatic hydroxyl groups excluding tert-OH is 1. The van der Waals surface area contributed by atoms with Crippen LogP contribution in [0.25, 0.3) is 0 Å². The fourth-order valence-corrected chi connectivity index (χ4v) is 1.87. The van der Waals surface area contributed by atoms with E-state index in [0.29, 0.717) is 6.04 Å². The third kappa shape index (κ3) is 2.59. The molecule has 0 aliphatic carbocycles. The largest absolute Gasteiger partial charge is 0.396 e. The highest BCUT2D eigenvalue weighted by Gasteiger charge is 2.27. The topological polar surface area (TPSA) is 52.6 Å². The molecule has 2 amide bonds. The van der Waals surface area contributed by atoms with Gasteiger partial charge >= 0.3 is 6.03 Å². The Bertz CT molecular complexity index is 173. The first-order chi connectivity index (χ1) is 6.29. The lowest BCUT2D eigenvalue weighted by molar-refractivity contribution is 0.187. The molecule has 1 rings (SSSR count). The quantitative estimate of drug-likeness (QED) is 0.676. The minimum Gasteiger partial charge on any atom is -0.396 e. The molecule has 4 heteroatoms. The molecule has 0 bridgehead atoms. The molecule has 13 heavy (non-hydrogen) atoms. The number of likely N-dealkylation sites (tertiary alicyclic amines) is 1. The van der Waals surface area contributed by atoms with Crippen LogP contribution in [-0.2, 0) is 0 Å². The third-order valence-electron chi connectivity index (χ3n) is 2.55. The fourth-order valence-electron chi connectivity index (χ4n) is 1.87. The zero-order valence-corrected chi connectivity index (χ0v) is 8.12. The van der Waals surface area contributed by atoms with Crippen LogP contribution in [0.1, 0.15) is 25.7 Å². The first kappa shape index (κ1) is 10.3. The number of hydrogen-bond donors (Lipinski definition) is 2. The van der Waals surface area contributed by atoms with E-state index in [4.69, 9.17) is 5.11 Å². The number of hydrogen-bond acceptors (Lipinski definition) is 2. The monoisotopic (exact) mass is 186 g/mol. The van der Waals surface area contributed by atoms with Crippen LogP contribution in [0, 0.1) is 0 Å². The van der Waals surface area contributed by atoms with Crippen LogP contribution in [0.3, 0.4) is 0 Å². The smallest absolute Gasteiger partial charge is 0.317 e. The van der Waals surface area contributed by atoms with Gasteiger partial charge in [-0.2, -0.15) is 0 Å². The highest BCUT2D eigenvalue weighted by molar-refractivity contribution is 5.74. The van der Waals surface area contributed by atoms with Gasteiger partial charge in [0.25, 0.3) is 0 Å². The van der Waals surface area contributed by atoms with Crippen LogP contribution in [0.15, 0.2) is 0 Å². The Morgan fingerprint density at radius 1 is 1.69 bits per heavy atom. The van der Waals surface area contributed by atoms with E-state index in [9.17, 15) is 4.79 Å². The fraction of sp³-hybridized carbons (Fsp3) is 0.889. The normalized spacial score (nSPS) is 22.0. The van der Waals surface area contributed by atoms with Crippen LogP contribution < -0.4 is 5.32 Å². The lowest BCUT2D eigenvalue weighted by atomic mass is 10.1. The number of nitrogens with one attached hydrogen (secondary N) is 1. The molecule has 0 saturated carbocycles. The van der Waals surface area contributed by atoms with E-state index < -0.39 is 0 Å². The average Bonchev–Trinajstić information content (AvgIpc) is 2.61. The number of aliphatic hydroxyl groups is 1. The number of amides is 2. The lowest BCUT2D eigenvalue weighted by Crippen LogP contribution is -2.41. The van der Waals surface area contributed by atoms with Gasteiger partial charge in [0.2, 0.25) is 0 Å². The van der Waals surface area contributed by atoms with Gasteiger partial charge in [0.05, 0.1) is 0 Å². The molecule has 1 heterocycles. The molecular formula is C9H18N2O2. The predicted octanol–water partition coefficient (Wildman–Crippen LogP) is 0.563. The molecule has 76 valence electrons. The van der Waals surface area contributed by atoms with E-state index in [0.717, 1.165) is 32.2 Å². The number of carbonyl (C=O) groups excluding carboxylic acids is 1. The van der Waals surface area contributed by atoms with Crippen molar-refractivity contribution in [3.05, 3.63) is 0 Å². The van der Waals surface area contributed by atoms with E-state index in [1.807, 2.05) is 4.90 Å². The van der Waals surface area contributed by atoms with E-state index in [1.54, 1.807) is 7.05 Å². The molecule has 0 spiro atoms. The number of rotatable bonds is 3. The Balaban J connectivity index is 2.39. The highest BCUT2D eigenvalue weighted by atomic mass is 16.3. The summed E-state index contributed by atoms with van der Waals surface area (Å²) in [5, 5.41) is 11.3. The van der Waals surface area contributed by atoms with Gasteiger partial charge in [0.15, 0.2) is 0 Å². The summed E-state index contributed by atoms with van der Waals surface area (Å²) >= 11 is 0. The Hall–Kier alpha value is -0.770. The van der Waals surface area contributed by atoms with Crippen molar-refractivity contribution >= 4 is 6.03 Å². The molecule has 0 radical (unpaired) electrons. The maximum Gasteiger partial charge on any atom is 0.317 e. The molecule has 1 atom stereocenters. The summed E-state index contributed by atoms with van der Waals surface area (Å²) in [4.78, 5) is 13.2. The average molecular weight is 186 g/mol. The molecule has 0 aromatic heterocycles. The maximum atomic E-state index is 11.3. The van der Waals surface area contributed by atoms with Crippen molar-refractivity contribution in [1.29, 1.82) is 0 Å². The van der Waals surface area contributed by atoms with Crippen LogP contribution in [0.2, 0.25) is 0 Å². The molecule has 1 unspecified atom stereocenters. The standard InChI is InChI=1S/C9H18N2O2/c1-10-9(13)11-6-2-4-8(11)5-3-7-12/h8,12H,2-7H2,1H3,(H,10,13). The SMILES string of the molecule is CNC(=O)N1CCCC1CCCO.